The number of nitrogens with zero attached hydrogens (tertiary/aromatic N) is 1. The van der Waals surface area contributed by atoms with E-state index in [2.05, 4.69) is 17.0 Å². The molecule has 3 unspecified atom stereocenters. The van der Waals surface area contributed by atoms with Gasteiger partial charge < -0.3 is 9.84 Å². The standard InChI is InChI=1S/C17H23NO3/c19-17(20)16-11-18(9-13-5-2-1-3-6-13)10-15(16)14-7-4-8-21-12-14/h1-3,5-6,14-16H,4,7-12H2,(H,19,20). The number of ether oxygens (including phenoxy) is 1. The van der Waals surface area contributed by atoms with Crippen molar-refractivity contribution in [1.82, 2.24) is 4.90 Å². The Morgan fingerprint density at radius 2 is 2.10 bits per heavy atom. The average molecular weight is 289 g/mol. The van der Waals surface area contributed by atoms with Gasteiger partial charge in [0.1, 0.15) is 0 Å². The number of carbonyl (C=O) groups is 1. The van der Waals surface area contributed by atoms with Crippen LogP contribution in [0.2, 0.25) is 0 Å². The molecule has 3 rings (SSSR count). The Kier molecular flexibility index (Phi) is 4.56. The zero-order chi connectivity index (χ0) is 14.7. The smallest absolute Gasteiger partial charge is 0.308 e. The molecule has 114 valence electrons. The van der Waals surface area contributed by atoms with Gasteiger partial charge in [-0.05, 0) is 30.2 Å². The number of hydrogen-bond acceptors (Lipinski definition) is 3. The van der Waals surface area contributed by atoms with Crippen LogP contribution >= 0.6 is 0 Å². The average Bonchev–Trinajstić information content (AvgIpc) is 2.93. The van der Waals surface area contributed by atoms with Gasteiger partial charge in [-0.25, -0.2) is 0 Å². The van der Waals surface area contributed by atoms with Gasteiger partial charge in [0.05, 0.1) is 5.92 Å². The maximum Gasteiger partial charge on any atom is 0.308 e. The molecule has 0 radical (unpaired) electrons. The second kappa shape index (κ2) is 6.58. The summed E-state index contributed by atoms with van der Waals surface area (Å²) >= 11 is 0. The lowest BCUT2D eigenvalue weighted by Gasteiger charge is -2.29. The van der Waals surface area contributed by atoms with Crippen molar-refractivity contribution in [2.24, 2.45) is 17.8 Å². The molecule has 0 spiro atoms. The summed E-state index contributed by atoms with van der Waals surface area (Å²) in [6.07, 6.45) is 2.17. The van der Waals surface area contributed by atoms with Crippen molar-refractivity contribution in [3.8, 4) is 0 Å². The van der Waals surface area contributed by atoms with E-state index >= 15 is 0 Å². The van der Waals surface area contributed by atoms with E-state index in [1.54, 1.807) is 0 Å². The van der Waals surface area contributed by atoms with Gasteiger partial charge in [0, 0.05) is 32.8 Å². The molecule has 0 saturated carbocycles. The van der Waals surface area contributed by atoms with Gasteiger partial charge in [-0.15, -0.1) is 0 Å². The van der Waals surface area contributed by atoms with Crippen LogP contribution in [0.3, 0.4) is 0 Å². The normalized spacial score (nSPS) is 30.4. The van der Waals surface area contributed by atoms with Crippen molar-refractivity contribution in [1.29, 1.82) is 0 Å². The Morgan fingerprint density at radius 3 is 2.76 bits per heavy atom. The Labute approximate surface area is 125 Å². The monoisotopic (exact) mass is 289 g/mol. The Hall–Kier alpha value is -1.39. The maximum absolute atomic E-state index is 11.6. The quantitative estimate of drug-likeness (QED) is 0.923. The van der Waals surface area contributed by atoms with Crippen LogP contribution in [-0.2, 0) is 16.1 Å². The minimum Gasteiger partial charge on any atom is -0.481 e. The van der Waals surface area contributed by atoms with Crippen LogP contribution in [-0.4, -0.2) is 42.3 Å². The highest BCUT2D eigenvalue weighted by molar-refractivity contribution is 5.71. The van der Waals surface area contributed by atoms with Crippen LogP contribution in [0.25, 0.3) is 0 Å². The molecule has 1 aromatic rings. The van der Waals surface area contributed by atoms with Crippen molar-refractivity contribution >= 4 is 5.97 Å². The topological polar surface area (TPSA) is 49.8 Å². The fourth-order valence-corrected chi connectivity index (χ4v) is 3.73. The summed E-state index contributed by atoms with van der Waals surface area (Å²) in [6, 6.07) is 10.3. The van der Waals surface area contributed by atoms with Gasteiger partial charge in [0.15, 0.2) is 0 Å². The predicted molar refractivity (Wildman–Crippen MR) is 79.9 cm³/mol. The summed E-state index contributed by atoms with van der Waals surface area (Å²) < 4.78 is 5.56. The highest BCUT2D eigenvalue weighted by atomic mass is 16.5. The molecule has 4 heteroatoms. The minimum absolute atomic E-state index is 0.228. The third-order valence-corrected chi connectivity index (χ3v) is 4.81. The fourth-order valence-electron chi connectivity index (χ4n) is 3.73. The first-order valence-corrected chi connectivity index (χ1v) is 7.81. The third kappa shape index (κ3) is 3.44. The molecule has 2 aliphatic rings. The first-order valence-electron chi connectivity index (χ1n) is 7.81. The van der Waals surface area contributed by atoms with Crippen LogP contribution in [0.1, 0.15) is 18.4 Å². The Balaban J connectivity index is 1.67. The van der Waals surface area contributed by atoms with E-state index in [1.807, 2.05) is 18.2 Å². The van der Waals surface area contributed by atoms with Crippen molar-refractivity contribution in [3.05, 3.63) is 35.9 Å². The van der Waals surface area contributed by atoms with Gasteiger partial charge in [0.25, 0.3) is 0 Å². The second-order valence-corrected chi connectivity index (χ2v) is 6.27. The van der Waals surface area contributed by atoms with E-state index in [4.69, 9.17) is 4.74 Å². The number of aliphatic carboxylic acids is 1. The summed E-state index contributed by atoms with van der Waals surface area (Å²) in [7, 11) is 0. The lowest BCUT2D eigenvalue weighted by atomic mass is 9.81. The molecular weight excluding hydrogens is 266 g/mol. The molecule has 2 fully saturated rings. The van der Waals surface area contributed by atoms with Crippen molar-refractivity contribution in [3.63, 3.8) is 0 Å². The van der Waals surface area contributed by atoms with Gasteiger partial charge in [-0.3, -0.25) is 9.69 Å². The largest absolute Gasteiger partial charge is 0.481 e. The summed E-state index contributed by atoms with van der Waals surface area (Å²) in [5, 5.41) is 9.53. The van der Waals surface area contributed by atoms with Crippen LogP contribution in [0, 0.1) is 17.8 Å². The van der Waals surface area contributed by atoms with E-state index in [9.17, 15) is 9.90 Å². The number of carboxylic acids is 1. The molecule has 2 aliphatic heterocycles. The Bertz CT molecular complexity index is 470. The van der Waals surface area contributed by atoms with Gasteiger partial charge in [-0.1, -0.05) is 30.3 Å². The maximum atomic E-state index is 11.6. The molecular formula is C17H23NO3. The number of rotatable bonds is 4. The fraction of sp³-hybridized carbons (Fsp3) is 0.588. The van der Waals surface area contributed by atoms with Crippen LogP contribution in [0.4, 0.5) is 0 Å². The predicted octanol–water partition coefficient (Wildman–Crippen LogP) is 2.25. The molecule has 1 aromatic carbocycles. The molecule has 1 N–H and O–H groups in total. The lowest BCUT2D eigenvalue weighted by Crippen LogP contribution is -2.33. The van der Waals surface area contributed by atoms with E-state index in [-0.39, 0.29) is 11.8 Å². The Morgan fingerprint density at radius 1 is 1.29 bits per heavy atom. The van der Waals surface area contributed by atoms with Crippen molar-refractivity contribution in [2.45, 2.75) is 19.4 Å². The van der Waals surface area contributed by atoms with Crippen molar-refractivity contribution < 1.29 is 14.6 Å². The summed E-state index contributed by atoms with van der Waals surface area (Å²) in [4.78, 5) is 13.9. The number of benzene rings is 1. The lowest BCUT2D eigenvalue weighted by molar-refractivity contribution is -0.143. The van der Waals surface area contributed by atoms with Crippen LogP contribution in [0.15, 0.2) is 30.3 Å². The van der Waals surface area contributed by atoms with Crippen molar-refractivity contribution in [2.75, 3.05) is 26.3 Å². The molecule has 0 aliphatic carbocycles. The summed E-state index contributed by atoms with van der Waals surface area (Å²) in [5.41, 5.74) is 1.25. The van der Waals surface area contributed by atoms with Crippen LogP contribution < -0.4 is 0 Å². The SMILES string of the molecule is O=C(O)C1CN(Cc2ccccc2)CC1C1CCCOC1. The van der Waals surface area contributed by atoms with E-state index in [0.29, 0.717) is 12.5 Å². The second-order valence-electron chi connectivity index (χ2n) is 6.27. The number of carboxylic acid groups (broad SMARTS) is 1. The number of hydrogen-bond donors (Lipinski definition) is 1. The van der Waals surface area contributed by atoms with Crippen LogP contribution in [0.5, 0.6) is 0 Å². The first-order chi connectivity index (χ1) is 10.2. The summed E-state index contributed by atoms with van der Waals surface area (Å²) in [6.45, 7) is 3.93. The third-order valence-electron chi connectivity index (χ3n) is 4.81. The van der Waals surface area contributed by atoms with E-state index in [0.717, 1.165) is 39.1 Å². The summed E-state index contributed by atoms with van der Waals surface area (Å²) in [5.74, 6) is -0.270. The van der Waals surface area contributed by atoms with Gasteiger partial charge in [0.2, 0.25) is 0 Å². The first kappa shape index (κ1) is 14.5. The van der Waals surface area contributed by atoms with E-state index < -0.39 is 5.97 Å². The zero-order valence-corrected chi connectivity index (χ0v) is 12.3. The molecule has 0 aromatic heterocycles. The molecule has 0 bridgehead atoms. The van der Waals surface area contributed by atoms with Gasteiger partial charge >= 0.3 is 5.97 Å². The molecule has 4 nitrogen and oxygen atoms in total. The minimum atomic E-state index is -0.652. The molecule has 2 heterocycles. The number of likely N-dealkylation sites (tertiary alicyclic amines) is 1. The van der Waals surface area contributed by atoms with E-state index in [1.165, 1.54) is 5.56 Å². The van der Waals surface area contributed by atoms with Gasteiger partial charge in [-0.2, -0.15) is 0 Å². The highest BCUT2D eigenvalue weighted by Crippen LogP contribution is 2.35. The molecule has 21 heavy (non-hydrogen) atoms. The molecule has 0 amide bonds. The molecule has 2 saturated heterocycles. The molecule has 3 atom stereocenters. The zero-order valence-electron chi connectivity index (χ0n) is 12.3. The highest BCUT2D eigenvalue weighted by Gasteiger charge is 2.42.